The highest BCUT2D eigenvalue weighted by Crippen LogP contribution is 2.11. The SMILES string of the molecule is CCC1CCN(CCc2cccc(C)c2)CCC(C)N1. The number of nitrogens with zero attached hydrogens (tertiary/aromatic N) is 1. The van der Waals surface area contributed by atoms with Crippen LogP contribution in [0.25, 0.3) is 0 Å². The molecule has 2 unspecified atom stereocenters. The van der Waals surface area contributed by atoms with Crippen LogP contribution < -0.4 is 5.32 Å². The molecule has 2 atom stereocenters. The molecule has 2 nitrogen and oxygen atoms in total. The molecule has 1 aromatic carbocycles. The molecular weight excluding hydrogens is 244 g/mol. The zero-order chi connectivity index (χ0) is 14.4. The summed E-state index contributed by atoms with van der Waals surface area (Å²) in [6.45, 7) is 10.5. The van der Waals surface area contributed by atoms with Gasteiger partial charge in [-0.05, 0) is 58.2 Å². The van der Waals surface area contributed by atoms with E-state index in [4.69, 9.17) is 0 Å². The molecular formula is C18H30N2. The summed E-state index contributed by atoms with van der Waals surface area (Å²) in [6, 6.07) is 10.3. The minimum absolute atomic E-state index is 0.654. The van der Waals surface area contributed by atoms with Crippen molar-refractivity contribution in [3.63, 3.8) is 0 Å². The van der Waals surface area contributed by atoms with Crippen LogP contribution in [0.1, 0.15) is 44.2 Å². The summed E-state index contributed by atoms with van der Waals surface area (Å²) in [5, 5.41) is 3.74. The van der Waals surface area contributed by atoms with E-state index in [1.165, 1.54) is 56.4 Å². The predicted octanol–water partition coefficient (Wildman–Crippen LogP) is 3.39. The Hall–Kier alpha value is -0.860. The second kappa shape index (κ2) is 7.80. The largest absolute Gasteiger partial charge is 0.311 e. The van der Waals surface area contributed by atoms with Crippen LogP contribution in [0.2, 0.25) is 0 Å². The van der Waals surface area contributed by atoms with Crippen molar-refractivity contribution in [2.75, 3.05) is 19.6 Å². The molecule has 1 fully saturated rings. The van der Waals surface area contributed by atoms with Crippen molar-refractivity contribution < 1.29 is 0 Å². The lowest BCUT2D eigenvalue weighted by molar-refractivity contribution is 0.214. The third kappa shape index (κ3) is 4.92. The van der Waals surface area contributed by atoms with Crippen molar-refractivity contribution in [2.24, 2.45) is 0 Å². The molecule has 112 valence electrons. The van der Waals surface area contributed by atoms with Gasteiger partial charge in [0.15, 0.2) is 0 Å². The highest BCUT2D eigenvalue weighted by atomic mass is 15.1. The third-order valence-corrected chi connectivity index (χ3v) is 4.48. The molecule has 0 amide bonds. The molecule has 1 heterocycles. The van der Waals surface area contributed by atoms with Crippen molar-refractivity contribution in [1.82, 2.24) is 10.2 Å². The van der Waals surface area contributed by atoms with Crippen LogP contribution in [0.4, 0.5) is 0 Å². The Morgan fingerprint density at radius 2 is 2.05 bits per heavy atom. The van der Waals surface area contributed by atoms with Crippen molar-refractivity contribution in [1.29, 1.82) is 0 Å². The zero-order valence-electron chi connectivity index (χ0n) is 13.4. The topological polar surface area (TPSA) is 15.3 Å². The molecule has 1 saturated heterocycles. The first-order valence-corrected chi connectivity index (χ1v) is 8.21. The number of benzene rings is 1. The third-order valence-electron chi connectivity index (χ3n) is 4.48. The van der Waals surface area contributed by atoms with E-state index in [1.807, 2.05) is 0 Å². The van der Waals surface area contributed by atoms with Gasteiger partial charge in [0, 0.05) is 18.6 Å². The zero-order valence-corrected chi connectivity index (χ0v) is 13.4. The van der Waals surface area contributed by atoms with E-state index in [1.54, 1.807) is 0 Å². The van der Waals surface area contributed by atoms with Crippen molar-refractivity contribution in [3.05, 3.63) is 35.4 Å². The summed E-state index contributed by atoms with van der Waals surface area (Å²) < 4.78 is 0. The second-order valence-corrected chi connectivity index (χ2v) is 6.33. The smallest absolute Gasteiger partial charge is 0.00790 e. The van der Waals surface area contributed by atoms with Gasteiger partial charge in [0.05, 0.1) is 0 Å². The molecule has 1 N–H and O–H groups in total. The molecule has 0 spiro atoms. The minimum atomic E-state index is 0.654. The summed E-state index contributed by atoms with van der Waals surface area (Å²) in [4.78, 5) is 2.66. The van der Waals surface area contributed by atoms with Gasteiger partial charge in [-0.3, -0.25) is 0 Å². The van der Waals surface area contributed by atoms with Crippen LogP contribution in [0.15, 0.2) is 24.3 Å². The predicted molar refractivity (Wildman–Crippen MR) is 87.2 cm³/mol. The molecule has 0 bridgehead atoms. The van der Waals surface area contributed by atoms with Gasteiger partial charge in [-0.2, -0.15) is 0 Å². The first kappa shape index (κ1) is 15.5. The second-order valence-electron chi connectivity index (χ2n) is 6.33. The number of hydrogen-bond donors (Lipinski definition) is 1. The van der Waals surface area contributed by atoms with Gasteiger partial charge < -0.3 is 10.2 Å². The van der Waals surface area contributed by atoms with Gasteiger partial charge in [-0.15, -0.1) is 0 Å². The summed E-state index contributed by atoms with van der Waals surface area (Å²) in [7, 11) is 0. The van der Waals surface area contributed by atoms with E-state index in [0.717, 1.165) is 0 Å². The molecule has 1 aliphatic rings. The average molecular weight is 274 g/mol. The Labute approximate surface area is 124 Å². The highest BCUT2D eigenvalue weighted by Gasteiger charge is 2.17. The van der Waals surface area contributed by atoms with Crippen LogP contribution in [-0.4, -0.2) is 36.6 Å². The van der Waals surface area contributed by atoms with Crippen molar-refractivity contribution in [3.8, 4) is 0 Å². The fourth-order valence-corrected chi connectivity index (χ4v) is 3.10. The molecule has 20 heavy (non-hydrogen) atoms. The number of rotatable bonds is 4. The van der Waals surface area contributed by atoms with Crippen LogP contribution in [-0.2, 0) is 6.42 Å². The Bertz CT molecular complexity index is 402. The normalized spacial score (nSPS) is 25.1. The van der Waals surface area contributed by atoms with Gasteiger partial charge in [-0.1, -0.05) is 36.8 Å². The maximum absolute atomic E-state index is 3.74. The van der Waals surface area contributed by atoms with Crippen LogP contribution in [0, 0.1) is 6.92 Å². The minimum Gasteiger partial charge on any atom is -0.311 e. The lowest BCUT2D eigenvalue weighted by Crippen LogP contribution is -2.44. The standard InChI is InChI=1S/C18H30N2/c1-4-18-10-13-20(11-8-16(3)19-18)12-9-17-7-5-6-15(2)14-17/h5-7,14,16,18-19H,4,8-13H2,1-3H3. The van der Waals surface area contributed by atoms with Gasteiger partial charge >= 0.3 is 0 Å². The maximum atomic E-state index is 3.74. The summed E-state index contributed by atoms with van der Waals surface area (Å²) in [5.74, 6) is 0. The van der Waals surface area contributed by atoms with Gasteiger partial charge in [0.2, 0.25) is 0 Å². The molecule has 1 aromatic rings. The fraction of sp³-hybridized carbons (Fsp3) is 0.667. The lowest BCUT2D eigenvalue weighted by Gasteiger charge is -2.32. The number of aryl methyl sites for hydroxylation is 1. The Morgan fingerprint density at radius 3 is 2.80 bits per heavy atom. The lowest BCUT2D eigenvalue weighted by atomic mass is 10.0. The van der Waals surface area contributed by atoms with Crippen LogP contribution >= 0.6 is 0 Å². The van der Waals surface area contributed by atoms with E-state index in [9.17, 15) is 0 Å². The van der Waals surface area contributed by atoms with E-state index in [-0.39, 0.29) is 0 Å². The Balaban J connectivity index is 1.85. The van der Waals surface area contributed by atoms with Crippen molar-refractivity contribution in [2.45, 2.75) is 58.5 Å². The highest BCUT2D eigenvalue weighted by molar-refractivity contribution is 5.22. The quantitative estimate of drug-likeness (QED) is 0.905. The molecule has 0 aliphatic carbocycles. The summed E-state index contributed by atoms with van der Waals surface area (Å²) in [6.07, 6.45) is 4.98. The number of hydrogen-bond acceptors (Lipinski definition) is 2. The molecule has 2 heteroatoms. The van der Waals surface area contributed by atoms with E-state index >= 15 is 0 Å². The molecule has 1 aliphatic heterocycles. The molecule has 0 saturated carbocycles. The van der Waals surface area contributed by atoms with Gasteiger partial charge in [-0.25, -0.2) is 0 Å². The van der Waals surface area contributed by atoms with E-state index < -0.39 is 0 Å². The summed E-state index contributed by atoms with van der Waals surface area (Å²) in [5.41, 5.74) is 2.85. The van der Waals surface area contributed by atoms with E-state index in [0.29, 0.717) is 12.1 Å². The maximum Gasteiger partial charge on any atom is 0.00790 e. The average Bonchev–Trinajstić information content (AvgIpc) is 2.42. The fourth-order valence-electron chi connectivity index (χ4n) is 3.10. The van der Waals surface area contributed by atoms with E-state index in [2.05, 4.69) is 55.3 Å². The first-order chi connectivity index (χ1) is 9.67. The van der Waals surface area contributed by atoms with Gasteiger partial charge in [0.25, 0.3) is 0 Å². The monoisotopic (exact) mass is 274 g/mol. The number of nitrogens with one attached hydrogen (secondary N) is 1. The molecule has 0 aromatic heterocycles. The van der Waals surface area contributed by atoms with Crippen LogP contribution in [0.3, 0.4) is 0 Å². The van der Waals surface area contributed by atoms with Crippen LogP contribution in [0.5, 0.6) is 0 Å². The van der Waals surface area contributed by atoms with Gasteiger partial charge in [0.1, 0.15) is 0 Å². The Kier molecular flexibility index (Phi) is 6.06. The molecule has 0 radical (unpaired) electrons. The first-order valence-electron chi connectivity index (χ1n) is 8.21. The Morgan fingerprint density at radius 1 is 1.25 bits per heavy atom. The summed E-state index contributed by atoms with van der Waals surface area (Å²) >= 11 is 0. The molecule has 2 rings (SSSR count). The van der Waals surface area contributed by atoms with Crippen molar-refractivity contribution >= 4 is 0 Å².